The third-order valence-corrected chi connectivity index (χ3v) is 4.11. The van der Waals surface area contributed by atoms with Gasteiger partial charge in [0.1, 0.15) is 12.1 Å². The normalized spacial score (nSPS) is 25.3. The molecule has 0 unspecified atom stereocenters. The molecule has 0 radical (unpaired) electrons. The zero-order valence-corrected chi connectivity index (χ0v) is 6.56. The minimum atomic E-state index is -3.47. The molecule has 1 fully saturated rings. The Morgan fingerprint density at radius 2 is 1.82 bits per heavy atom. The van der Waals surface area contributed by atoms with E-state index in [1.807, 2.05) is 0 Å². The fourth-order valence-corrected chi connectivity index (χ4v) is 2.72. The topological polar surface area (TPSA) is 81.7 Å². The maximum absolute atomic E-state index is 11.1. The van der Waals surface area contributed by atoms with Gasteiger partial charge in [-0.2, -0.15) is 10.5 Å². The first-order valence-electron chi connectivity index (χ1n) is 3.13. The summed E-state index contributed by atoms with van der Waals surface area (Å²) in [6, 6.07) is 3.14. The van der Waals surface area contributed by atoms with Crippen molar-refractivity contribution in [3.05, 3.63) is 0 Å². The first-order valence-corrected chi connectivity index (χ1v) is 4.78. The molecule has 1 heterocycles. The summed E-state index contributed by atoms with van der Waals surface area (Å²) in [7, 11) is -3.47. The predicted octanol–water partition coefficient (Wildman–Crippen LogP) is -0.0190. The van der Waals surface area contributed by atoms with Crippen LogP contribution in [-0.4, -0.2) is 18.9 Å². The Morgan fingerprint density at radius 1 is 1.27 bits per heavy atom. The third-order valence-electron chi connectivity index (χ3n) is 1.83. The quantitative estimate of drug-likeness (QED) is 0.511. The first-order chi connectivity index (χ1) is 5.08. The van der Waals surface area contributed by atoms with Gasteiger partial charge >= 0.3 is 0 Å². The molecule has 0 aromatic carbocycles. The third kappa shape index (κ3) is 0.892. The highest BCUT2D eigenvalue weighted by molar-refractivity contribution is 7.93. The van der Waals surface area contributed by atoms with Gasteiger partial charge in [0.15, 0.2) is 9.84 Å². The van der Waals surface area contributed by atoms with E-state index >= 15 is 0 Å². The summed E-state index contributed by atoms with van der Waals surface area (Å²) in [4.78, 5) is 0. The van der Waals surface area contributed by atoms with Crippen LogP contribution in [0.25, 0.3) is 0 Å². The van der Waals surface area contributed by atoms with Gasteiger partial charge in [-0.25, -0.2) is 8.42 Å². The Balaban J connectivity index is 3.28. The molecule has 1 aliphatic heterocycles. The number of hydrogen-bond acceptors (Lipinski definition) is 4. The van der Waals surface area contributed by atoms with Crippen molar-refractivity contribution in [2.45, 2.75) is 17.6 Å². The SMILES string of the molecule is N#CC1(C#N)CCCS1(=O)=O. The van der Waals surface area contributed by atoms with Crippen LogP contribution in [0.1, 0.15) is 12.8 Å². The van der Waals surface area contributed by atoms with Gasteiger partial charge in [-0.15, -0.1) is 0 Å². The van der Waals surface area contributed by atoms with Crippen LogP contribution in [-0.2, 0) is 9.84 Å². The van der Waals surface area contributed by atoms with Crippen molar-refractivity contribution in [1.29, 1.82) is 10.5 Å². The number of nitrogens with zero attached hydrogens (tertiary/aromatic N) is 2. The highest BCUT2D eigenvalue weighted by Gasteiger charge is 2.48. The average molecular weight is 170 g/mol. The summed E-state index contributed by atoms with van der Waals surface area (Å²) >= 11 is 0. The van der Waals surface area contributed by atoms with E-state index in [1.165, 1.54) is 0 Å². The molecule has 58 valence electrons. The summed E-state index contributed by atoms with van der Waals surface area (Å²) in [5.41, 5.74) is 0. The molecule has 0 aromatic rings. The molecule has 11 heavy (non-hydrogen) atoms. The molecule has 0 N–H and O–H groups in total. The highest BCUT2D eigenvalue weighted by Crippen LogP contribution is 2.30. The molecule has 1 rings (SSSR count). The maximum atomic E-state index is 11.1. The second kappa shape index (κ2) is 2.21. The van der Waals surface area contributed by atoms with Gasteiger partial charge in [0.05, 0.1) is 5.75 Å². The monoisotopic (exact) mass is 170 g/mol. The van der Waals surface area contributed by atoms with Crippen LogP contribution >= 0.6 is 0 Å². The Bertz CT molecular complexity index is 330. The number of nitriles is 2. The second-order valence-corrected chi connectivity index (χ2v) is 4.81. The molecule has 0 bridgehead atoms. The molecule has 0 aliphatic carbocycles. The van der Waals surface area contributed by atoms with Crippen molar-refractivity contribution >= 4 is 9.84 Å². The van der Waals surface area contributed by atoms with E-state index in [0.717, 1.165) is 0 Å². The van der Waals surface area contributed by atoms with Gasteiger partial charge in [-0.1, -0.05) is 0 Å². The Morgan fingerprint density at radius 3 is 2.00 bits per heavy atom. The molecule has 5 heteroatoms. The Hall–Kier alpha value is -1.07. The summed E-state index contributed by atoms with van der Waals surface area (Å²) in [5.74, 6) is -0.0336. The average Bonchev–Trinajstić information content (AvgIpc) is 2.26. The van der Waals surface area contributed by atoms with Crippen molar-refractivity contribution in [1.82, 2.24) is 0 Å². The van der Waals surface area contributed by atoms with Crippen LogP contribution in [0.5, 0.6) is 0 Å². The number of sulfone groups is 1. The van der Waals surface area contributed by atoms with E-state index in [9.17, 15) is 8.42 Å². The first kappa shape index (κ1) is 8.03. The van der Waals surface area contributed by atoms with Gasteiger partial charge in [0.2, 0.25) is 4.75 Å². The van der Waals surface area contributed by atoms with Gasteiger partial charge in [-0.05, 0) is 12.8 Å². The lowest BCUT2D eigenvalue weighted by atomic mass is 10.1. The minimum Gasteiger partial charge on any atom is -0.226 e. The largest absolute Gasteiger partial charge is 0.243 e. The summed E-state index contributed by atoms with van der Waals surface area (Å²) in [5, 5.41) is 17.0. The second-order valence-electron chi connectivity index (χ2n) is 2.47. The predicted molar refractivity (Wildman–Crippen MR) is 37.0 cm³/mol. The standard InChI is InChI=1S/C6H6N2O2S/c7-4-6(5-8)2-1-3-11(6,9)10/h1-3H2. The van der Waals surface area contributed by atoms with E-state index in [2.05, 4.69) is 0 Å². The lowest BCUT2D eigenvalue weighted by Gasteiger charge is -2.07. The van der Waals surface area contributed by atoms with Crippen LogP contribution in [0.3, 0.4) is 0 Å². The fraction of sp³-hybridized carbons (Fsp3) is 0.667. The van der Waals surface area contributed by atoms with Gasteiger partial charge in [0, 0.05) is 0 Å². The van der Waals surface area contributed by atoms with Crippen LogP contribution in [0.4, 0.5) is 0 Å². The summed E-state index contributed by atoms with van der Waals surface area (Å²) < 4.78 is 20.5. The number of rotatable bonds is 0. The highest BCUT2D eigenvalue weighted by atomic mass is 32.2. The minimum absolute atomic E-state index is 0.0336. The fourth-order valence-electron chi connectivity index (χ4n) is 1.12. The molecule has 0 amide bonds. The van der Waals surface area contributed by atoms with Crippen LogP contribution in [0.15, 0.2) is 0 Å². The molecule has 0 saturated carbocycles. The van der Waals surface area contributed by atoms with E-state index in [0.29, 0.717) is 6.42 Å². The van der Waals surface area contributed by atoms with Crippen LogP contribution in [0.2, 0.25) is 0 Å². The van der Waals surface area contributed by atoms with Crippen molar-refractivity contribution in [3.63, 3.8) is 0 Å². The van der Waals surface area contributed by atoms with Crippen molar-refractivity contribution in [2.24, 2.45) is 0 Å². The number of hydrogen-bond donors (Lipinski definition) is 0. The molecule has 1 saturated heterocycles. The molecule has 4 nitrogen and oxygen atoms in total. The van der Waals surface area contributed by atoms with Gasteiger partial charge in [0.25, 0.3) is 0 Å². The smallest absolute Gasteiger partial charge is 0.226 e. The van der Waals surface area contributed by atoms with Crippen molar-refractivity contribution in [3.8, 4) is 12.1 Å². The van der Waals surface area contributed by atoms with E-state index < -0.39 is 14.6 Å². The van der Waals surface area contributed by atoms with E-state index in [4.69, 9.17) is 10.5 Å². The molecule has 0 spiro atoms. The maximum Gasteiger partial charge on any atom is 0.243 e. The van der Waals surface area contributed by atoms with E-state index in [-0.39, 0.29) is 12.2 Å². The molecular formula is C6H6N2O2S. The summed E-state index contributed by atoms with van der Waals surface area (Å²) in [6.07, 6.45) is 0.575. The van der Waals surface area contributed by atoms with Gasteiger partial charge in [-0.3, -0.25) is 0 Å². The van der Waals surface area contributed by atoms with Crippen molar-refractivity contribution in [2.75, 3.05) is 5.75 Å². The molecule has 0 aromatic heterocycles. The molecular weight excluding hydrogens is 164 g/mol. The van der Waals surface area contributed by atoms with Gasteiger partial charge < -0.3 is 0 Å². The molecule has 1 aliphatic rings. The zero-order valence-electron chi connectivity index (χ0n) is 5.74. The van der Waals surface area contributed by atoms with Crippen molar-refractivity contribution < 1.29 is 8.42 Å². The van der Waals surface area contributed by atoms with Crippen LogP contribution in [0, 0.1) is 22.7 Å². The zero-order chi connectivity index (χ0) is 8.54. The lowest BCUT2D eigenvalue weighted by Crippen LogP contribution is -2.30. The summed E-state index contributed by atoms with van der Waals surface area (Å²) in [6.45, 7) is 0. The Kier molecular flexibility index (Phi) is 1.62. The van der Waals surface area contributed by atoms with E-state index in [1.54, 1.807) is 12.1 Å². The Labute approximate surface area is 65.0 Å². The lowest BCUT2D eigenvalue weighted by molar-refractivity contribution is 0.589. The molecule has 0 atom stereocenters. The van der Waals surface area contributed by atoms with Crippen LogP contribution < -0.4 is 0 Å².